The number of aryl methyl sites for hydroxylation is 2. The largest absolute Gasteiger partial charge is 0.396 e. The highest BCUT2D eigenvalue weighted by molar-refractivity contribution is 5.32. The molecule has 0 fully saturated rings. The molecule has 78 valence electrons. The van der Waals surface area contributed by atoms with Crippen LogP contribution < -0.4 is 0 Å². The van der Waals surface area contributed by atoms with Gasteiger partial charge in [0.1, 0.15) is 0 Å². The van der Waals surface area contributed by atoms with E-state index in [1.54, 1.807) is 0 Å². The van der Waals surface area contributed by atoms with Crippen LogP contribution in [0.4, 0.5) is 0 Å². The van der Waals surface area contributed by atoms with Crippen molar-refractivity contribution in [2.75, 3.05) is 6.61 Å². The van der Waals surface area contributed by atoms with Crippen LogP contribution >= 0.6 is 0 Å². The average molecular weight is 192 g/mol. The zero-order valence-corrected chi connectivity index (χ0v) is 9.54. The third-order valence-electron chi connectivity index (χ3n) is 2.96. The van der Waals surface area contributed by atoms with E-state index >= 15 is 0 Å². The van der Waals surface area contributed by atoms with Crippen molar-refractivity contribution in [1.29, 1.82) is 0 Å². The van der Waals surface area contributed by atoms with E-state index in [-0.39, 0.29) is 12.5 Å². The second kappa shape index (κ2) is 4.61. The molecule has 1 heteroatoms. The lowest BCUT2D eigenvalue weighted by Crippen LogP contribution is -2.11. The van der Waals surface area contributed by atoms with Crippen molar-refractivity contribution in [3.8, 4) is 0 Å². The Morgan fingerprint density at radius 1 is 1.14 bits per heavy atom. The molecule has 0 heterocycles. The van der Waals surface area contributed by atoms with Gasteiger partial charge in [0, 0.05) is 5.92 Å². The molecule has 0 aliphatic carbocycles. The Balaban J connectivity index is 3.00. The lowest BCUT2D eigenvalue weighted by Gasteiger charge is -2.19. The van der Waals surface area contributed by atoms with Gasteiger partial charge in [-0.25, -0.2) is 0 Å². The molecule has 1 aromatic carbocycles. The molecule has 0 saturated carbocycles. The van der Waals surface area contributed by atoms with Gasteiger partial charge in [-0.05, 0) is 36.5 Å². The summed E-state index contributed by atoms with van der Waals surface area (Å²) < 4.78 is 0. The van der Waals surface area contributed by atoms with Crippen LogP contribution in [0.2, 0.25) is 0 Å². The Kier molecular flexibility index (Phi) is 3.70. The monoisotopic (exact) mass is 192 g/mol. The fraction of sp³-hybridized carbons (Fsp3) is 0.538. The first-order valence-electron chi connectivity index (χ1n) is 5.24. The SMILES string of the molecule is Cc1ccc(C(CO)C(C)C)cc1C. The molecule has 0 saturated heterocycles. The van der Waals surface area contributed by atoms with Crippen LogP contribution in [-0.2, 0) is 0 Å². The van der Waals surface area contributed by atoms with Gasteiger partial charge >= 0.3 is 0 Å². The van der Waals surface area contributed by atoms with Gasteiger partial charge in [0.25, 0.3) is 0 Å². The number of benzene rings is 1. The number of hydrogen-bond donors (Lipinski definition) is 1. The predicted molar refractivity (Wildman–Crippen MR) is 60.6 cm³/mol. The molecule has 0 aliphatic rings. The summed E-state index contributed by atoms with van der Waals surface area (Å²) in [4.78, 5) is 0. The predicted octanol–water partition coefficient (Wildman–Crippen LogP) is 3.04. The van der Waals surface area contributed by atoms with E-state index in [2.05, 4.69) is 45.9 Å². The Labute approximate surface area is 86.8 Å². The zero-order valence-electron chi connectivity index (χ0n) is 9.54. The average Bonchev–Trinajstić information content (AvgIpc) is 2.11. The highest BCUT2D eigenvalue weighted by atomic mass is 16.3. The Morgan fingerprint density at radius 2 is 1.79 bits per heavy atom. The van der Waals surface area contributed by atoms with E-state index < -0.39 is 0 Å². The van der Waals surface area contributed by atoms with Crippen LogP contribution in [-0.4, -0.2) is 11.7 Å². The first kappa shape index (κ1) is 11.3. The highest BCUT2D eigenvalue weighted by Crippen LogP contribution is 2.25. The minimum Gasteiger partial charge on any atom is -0.396 e. The molecule has 1 unspecified atom stereocenters. The van der Waals surface area contributed by atoms with E-state index in [1.807, 2.05) is 0 Å². The number of rotatable bonds is 3. The van der Waals surface area contributed by atoms with Gasteiger partial charge in [-0.1, -0.05) is 32.0 Å². The maximum absolute atomic E-state index is 9.31. The van der Waals surface area contributed by atoms with Crippen molar-refractivity contribution in [2.24, 2.45) is 5.92 Å². The number of aliphatic hydroxyl groups is 1. The summed E-state index contributed by atoms with van der Waals surface area (Å²) in [6.07, 6.45) is 0. The van der Waals surface area contributed by atoms with Gasteiger partial charge in [0.2, 0.25) is 0 Å². The fourth-order valence-electron chi connectivity index (χ4n) is 1.70. The van der Waals surface area contributed by atoms with Crippen LogP contribution in [0.5, 0.6) is 0 Å². The topological polar surface area (TPSA) is 20.2 Å². The van der Waals surface area contributed by atoms with Gasteiger partial charge < -0.3 is 5.11 Å². The molecule has 0 bridgehead atoms. The van der Waals surface area contributed by atoms with Crippen LogP contribution in [0, 0.1) is 19.8 Å². The summed E-state index contributed by atoms with van der Waals surface area (Å²) in [5.74, 6) is 0.761. The van der Waals surface area contributed by atoms with E-state index in [0.717, 1.165) is 0 Å². The van der Waals surface area contributed by atoms with Crippen molar-refractivity contribution in [3.05, 3.63) is 34.9 Å². The third-order valence-corrected chi connectivity index (χ3v) is 2.96. The third kappa shape index (κ3) is 2.36. The quantitative estimate of drug-likeness (QED) is 0.780. The molecule has 14 heavy (non-hydrogen) atoms. The fourth-order valence-corrected chi connectivity index (χ4v) is 1.70. The molecule has 0 radical (unpaired) electrons. The van der Waals surface area contributed by atoms with Crippen LogP contribution in [0.15, 0.2) is 18.2 Å². The lowest BCUT2D eigenvalue weighted by molar-refractivity contribution is 0.237. The standard InChI is InChI=1S/C13H20O/c1-9(2)13(8-14)12-6-5-10(3)11(4)7-12/h5-7,9,13-14H,8H2,1-4H3. The second-order valence-corrected chi connectivity index (χ2v) is 4.38. The molecule has 1 atom stereocenters. The minimum absolute atomic E-state index is 0.236. The van der Waals surface area contributed by atoms with Gasteiger partial charge in [0.05, 0.1) is 6.61 Å². The molecule has 0 aliphatic heterocycles. The molecular weight excluding hydrogens is 172 g/mol. The van der Waals surface area contributed by atoms with Crippen molar-refractivity contribution in [1.82, 2.24) is 0 Å². The summed E-state index contributed by atoms with van der Waals surface area (Å²) in [6.45, 7) is 8.77. The highest BCUT2D eigenvalue weighted by Gasteiger charge is 2.14. The molecule has 1 rings (SSSR count). The summed E-state index contributed by atoms with van der Waals surface area (Å²) in [5, 5.41) is 9.31. The first-order chi connectivity index (χ1) is 6.56. The number of hydrogen-bond acceptors (Lipinski definition) is 1. The maximum Gasteiger partial charge on any atom is 0.0502 e. The Morgan fingerprint density at radius 3 is 2.21 bits per heavy atom. The molecular formula is C13H20O. The smallest absolute Gasteiger partial charge is 0.0502 e. The van der Waals surface area contributed by atoms with E-state index in [4.69, 9.17) is 0 Å². The molecule has 1 N–H and O–H groups in total. The summed E-state index contributed by atoms with van der Waals surface area (Å²) in [5.41, 5.74) is 3.88. The van der Waals surface area contributed by atoms with Crippen molar-refractivity contribution >= 4 is 0 Å². The summed E-state index contributed by atoms with van der Waals surface area (Å²) in [6, 6.07) is 6.45. The maximum atomic E-state index is 9.31. The molecule has 0 aromatic heterocycles. The Bertz CT molecular complexity index is 302. The molecule has 1 nitrogen and oxygen atoms in total. The number of aliphatic hydroxyl groups excluding tert-OH is 1. The molecule has 0 amide bonds. The van der Waals surface area contributed by atoms with Crippen LogP contribution in [0.3, 0.4) is 0 Å². The van der Waals surface area contributed by atoms with E-state index in [1.165, 1.54) is 16.7 Å². The van der Waals surface area contributed by atoms with Crippen molar-refractivity contribution < 1.29 is 5.11 Å². The lowest BCUT2D eigenvalue weighted by atomic mass is 9.88. The van der Waals surface area contributed by atoms with Crippen LogP contribution in [0.1, 0.15) is 36.5 Å². The normalized spacial score (nSPS) is 13.3. The van der Waals surface area contributed by atoms with E-state index in [0.29, 0.717) is 5.92 Å². The first-order valence-corrected chi connectivity index (χ1v) is 5.24. The minimum atomic E-state index is 0.236. The second-order valence-electron chi connectivity index (χ2n) is 4.38. The van der Waals surface area contributed by atoms with Gasteiger partial charge in [0.15, 0.2) is 0 Å². The van der Waals surface area contributed by atoms with Crippen molar-refractivity contribution in [2.45, 2.75) is 33.6 Å². The van der Waals surface area contributed by atoms with Crippen molar-refractivity contribution in [3.63, 3.8) is 0 Å². The summed E-state index contributed by atoms with van der Waals surface area (Å²) in [7, 11) is 0. The zero-order chi connectivity index (χ0) is 10.7. The Hall–Kier alpha value is -0.820. The van der Waals surface area contributed by atoms with Gasteiger partial charge in [-0.2, -0.15) is 0 Å². The summed E-state index contributed by atoms with van der Waals surface area (Å²) >= 11 is 0. The van der Waals surface area contributed by atoms with Gasteiger partial charge in [-0.15, -0.1) is 0 Å². The van der Waals surface area contributed by atoms with Gasteiger partial charge in [-0.3, -0.25) is 0 Å². The molecule has 0 spiro atoms. The van der Waals surface area contributed by atoms with E-state index in [9.17, 15) is 5.11 Å². The molecule has 1 aromatic rings. The van der Waals surface area contributed by atoms with Crippen LogP contribution in [0.25, 0.3) is 0 Å².